The van der Waals surface area contributed by atoms with Crippen molar-refractivity contribution in [3.05, 3.63) is 0 Å². The molecule has 2 N–H and O–H groups in total. The summed E-state index contributed by atoms with van der Waals surface area (Å²) < 4.78 is 0. The molecule has 2 heteroatoms. The molecule has 0 amide bonds. The summed E-state index contributed by atoms with van der Waals surface area (Å²) in [7, 11) is 0. The summed E-state index contributed by atoms with van der Waals surface area (Å²) in [5.41, 5.74) is 0. The Morgan fingerprint density at radius 2 is 1.83 bits per heavy atom. The van der Waals surface area contributed by atoms with E-state index in [2.05, 4.69) is 5.32 Å². The van der Waals surface area contributed by atoms with Crippen LogP contribution in [0.3, 0.4) is 0 Å². The second-order valence-electron chi connectivity index (χ2n) is 3.95. The fraction of sp³-hybridized carbons (Fsp3) is 1.00. The predicted molar refractivity (Wildman–Crippen MR) is 51.2 cm³/mol. The number of aliphatic hydroxyl groups is 1. The molecule has 1 unspecified atom stereocenters. The second-order valence-corrected chi connectivity index (χ2v) is 3.95. The van der Waals surface area contributed by atoms with Crippen LogP contribution in [0.15, 0.2) is 0 Å². The van der Waals surface area contributed by atoms with Gasteiger partial charge in [-0.1, -0.05) is 25.7 Å². The number of rotatable bonds is 3. The number of hydrogen-bond donors (Lipinski definition) is 2. The maximum absolute atomic E-state index is 9.09. The highest BCUT2D eigenvalue weighted by Gasteiger charge is 2.11. The van der Waals surface area contributed by atoms with E-state index in [4.69, 9.17) is 5.11 Å². The summed E-state index contributed by atoms with van der Waals surface area (Å²) in [6, 6.07) is 0.669. The van der Waals surface area contributed by atoms with Gasteiger partial charge < -0.3 is 10.4 Å². The Hall–Kier alpha value is -0.0800. The monoisotopic (exact) mass is 171 g/mol. The van der Waals surface area contributed by atoms with Crippen LogP contribution in [-0.4, -0.2) is 23.8 Å². The van der Waals surface area contributed by atoms with Crippen molar-refractivity contribution in [3.63, 3.8) is 0 Å². The Morgan fingerprint density at radius 3 is 2.33 bits per heavy atom. The first kappa shape index (κ1) is 10.0. The second kappa shape index (κ2) is 5.55. The van der Waals surface area contributed by atoms with E-state index < -0.39 is 0 Å². The molecule has 0 aromatic heterocycles. The van der Waals surface area contributed by atoms with E-state index in [1.807, 2.05) is 6.92 Å². The van der Waals surface area contributed by atoms with Crippen molar-refractivity contribution in [2.24, 2.45) is 0 Å². The number of aliphatic hydroxyl groups excluding tert-OH is 1. The average molecular weight is 171 g/mol. The first-order valence-corrected chi connectivity index (χ1v) is 5.20. The van der Waals surface area contributed by atoms with Gasteiger partial charge in [-0.3, -0.25) is 0 Å². The lowest BCUT2D eigenvalue weighted by molar-refractivity contribution is 0.184. The third-order valence-electron chi connectivity index (χ3n) is 2.56. The standard InChI is InChI=1S/C10H21NO/c1-9(12)8-11-10-6-4-2-3-5-7-10/h9-12H,2-8H2,1H3. The van der Waals surface area contributed by atoms with Crippen LogP contribution >= 0.6 is 0 Å². The molecule has 0 aliphatic heterocycles. The van der Waals surface area contributed by atoms with Gasteiger partial charge >= 0.3 is 0 Å². The lowest BCUT2D eigenvalue weighted by Crippen LogP contribution is -2.34. The van der Waals surface area contributed by atoms with E-state index in [-0.39, 0.29) is 6.10 Å². The van der Waals surface area contributed by atoms with Crippen LogP contribution in [0.4, 0.5) is 0 Å². The Balaban J connectivity index is 2.12. The molecule has 0 heterocycles. The van der Waals surface area contributed by atoms with Gasteiger partial charge in [0.15, 0.2) is 0 Å². The highest BCUT2D eigenvalue weighted by atomic mass is 16.3. The molecule has 1 aliphatic rings. The molecule has 0 spiro atoms. The molecule has 72 valence electrons. The summed E-state index contributed by atoms with van der Waals surface area (Å²) in [5.74, 6) is 0. The first-order chi connectivity index (χ1) is 5.79. The molecule has 0 aromatic carbocycles. The minimum absolute atomic E-state index is 0.201. The van der Waals surface area contributed by atoms with Crippen LogP contribution in [0.5, 0.6) is 0 Å². The van der Waals surface area contributed by atoms with Crippen LogP contribution in [0, 0.1) is 0 Å². The summed E-state index contributed by atoms with van der Waals surface area (Å²) in [4.78, 5) is 0. The summed E-state index contributed by atoms with van der Waals surface area (Å²) in [6.45, 7) is 2.59. The Labute approximate surface area is 75.4 Å². The van der Waals surface area contributed by atoms with Crippen molar-refractivity contribution in [2.75, 3.05) is 6.54 Å². The van der Waals surface area contributed by atoms with Crippen LogP contribution in [0.2, 0.25) is 0 Å². The molecule has 0 bridgehead atoms. The van der Waals surface area contributed by atoms with E-state index in [0.717, 1.165) is 6.54 Å². The Kier molecular flexibility index (Phi) is 4.62. The van der Waals surface area contributed by atoms with Crippen LogP contribution in [0.1, 0.15) is 45.4 Å². The minimum atomic E-state index is -0.201. The normalized spacial score (nSPS) is 23.5. The molecule has 1 aliphatic carbocycles. The minimum Gasteiger partial charge on any atom is -0.392 e. The molecule has 0 aromatic rings. The van der Waals surface area contributed by atoms with Gasteiger partial charge in [0.1, 0.15) is 0 Å². The average Bonchev–Trinajstić information content (AvgIpc) is 2.28. The van der Waals surface area contributed by atoms with E-state index in [1.165, 1.54) is 38.5 Å². The smallest absolute Gasteiger partial charge is 0.0636 e. The summed E-state index contributed by atoms with van der Waals surface area (Å²) in [6.07, 6.45) is 7.90. The zero-order valence-electron chi connectivity index (χ0n) is 8.05. The molecule has 12 heavy (non-hydrogen) atoms. The van der Waals surface area contributed by atoms with E-state index in [9.17, 15) is 0 Å². The molecule has 1 fully saturated rings. The topological polar surface area (TPSA) is 32.3 Å². The van der Waals surface area contributed by atoms with Gasteiger partial charge in [0.25, 0.3) is 0 Å². The van der Waals surface area contributed by atoms with Gasteiger partial charge in [0.05, 0.1) is 6.10 Å². The van der Waals surface area contributed by atoms with Crippen molar-refractivity contribution >= 4 is 0 Å². The number of hydrogen-bond acceptors (Lipinski definition) is 2. The Morgan fingerprint density at radius 1 is 1.25 bits per heavy atom. The molecular weight excluding hydrogens is 150 g/mol. The van der Waals surface area contributed by atoms with Gasteiger partial charge in [-0.15, -0.1) is 0 Å². The molecule has 1 rings (SSSR count). The fourth-order valence-electron chi connectivity index (χ4n) is 1.82. The highest BCUT2D eigenvalue weighted by Crippen LogP contribution is 2.16. The van der Waals surface area contributed by atoms with E-state index in [0.29, 0.717) is 6.04 Å². The first-order valence-electron chi connectivity index (χ1n) is 5.20. The van der Waals surface area contributed by atoms with Crippen molar-refractivity contribution in [2.45, 2.75) is 57.6 Å². The van der Waals surface area contributed by atoms with Crippen molar-refractivity contribution in [1.82, 2.24) is 5.32 Å². The lowest BCUT2D eigenvalue weighted by Gasteiger charge is -2.16. The largest absolute Gasteiger partial charge is 0.392 e. The molecule has 0 radical (unpaired) electrons. The van der Waals surface area contributed by atoms with Crippen molar-refractivity contribution < 1.29 is 5.11 Å². The highest BCUT2D eigenvalue weighted by molar-refractivity contribution is 4.71. The van der Waals surface area contributed by atoms with Crippen molar-refractivity contribution in [3.8, 4) is 0 Å². The van der Waals surface area contributed by atoms with Gasteiger partial charge in [0, 0.05) is 12.6 Å². The lowest BCUT2D eigenvalue weighted by atomic mass is 10.1. The summed E-state index contributed by atoms with van der Waals surface area (Å²) >= 11 is 0. The van der Waals surface area contributed by atoms with Gasteiger partial charge in [-0.25, -0.2) is 0 Å². The SMILES string of the molecule is CC(O)CNC1CCCCCC1. The predicted octanol–water partition coefficient (Wildman–Crippen LogP) is 1.68. The van der Waals surface area contributed by atoms with Crippen LogP contribution < -0.4 is 5.32 Å². The zero-order valence-corrected chi connectivity index (χ0v) is 8.05. The van der Waals surface area contributed by atoms with Gasteiger partial charge in [-0.05, 0) is 19.8 Å². The maximum atomic E-state index is 9.09. The third-order valence-corrected chi connectivity index (χ3v) is 2.56. The maximum Gasteiger partial charge on any atom is 0.0636 e. The van der Waals surface area contributed by atoms with Crippen LogP contribution in [-0.2, 0) is 0 Å². The molecule has 0 saturated heterocycles. The van der Waals surface area contributed by atoms with Gasteiger partial charge in [-0.2, -0.15) is 0 Å². The Bertz CT molecular complexity index is 106. The quantitative estimate of drug-likeness (QED) is 0.633. The molecule has 1 atom stereocenters. The van der Waals surface area contributed by atoms with E-state index >= 15 is 0 Å². The molecular formula is C10H21NO. The van der Waals surface area contributed by atoms with Crippen molar-refractivity contribution in [1.29, 1.82) is 0 Å². The van der Waals surface area contributed by atoms with Crippen LogP contribution in [0.25, 0.3) is 0 Å². The van der Waals surface area contributed by atoms with E-state index in [1.54, 1.807) is 0 Å². The third kappa shape index (κ3) is 4.07. The van der Waals surface area contributed by atoms with Gasteiger partial charge in [0.2, 0.25) is 0 Å². The zero-order chi connectivity index (χ0) is 8.81. The number of nitrogens with one attached hydrogen (secondary N) is 1. The fourth-order valence-corrected chi connectivity index (χ4v) is 1.82. The molecule has 2 nitrogen and oxygen atoms in total. The molecule has 1 saturated carbocycles. The summed E-state index contributed by atoms with van der Waals surface area (Å²) in [5, 5.41) is 12.5.